The van der Waals surface area contributed by atoms with Gasteiger partial charge in [-0.25, -0.2) is 4.98 Å². The number of likely N-dealkylation sites (tertiary alicyclic amines) is 1. The fourth-order valence-electron chi connectivity index (χ4n) is 2.40. The van der Waals surface area contributed by atoms with Crippen molar-refractivity contribution in [3.8, 4) is 0 Å². The van der Waals surface area contributed by atoms with E-state index < -0.39 is 12.1 Å². The minimum Gasteiger partial charge on any atom is -0.391 e. The van der Waals surface area contributed by atoms with E-state index in [4.69, 9.17) is 0 Å². The summed E-state index contributed by atoms with van der Waals surface area (Å²) in [6.45, 7) is 1.01. The Morgan fingerprint density at radius 1 is 1.58 bits per heavy atom. The molecule has 2 heterocycles. The molecule has 1 amide bonds. The quantitative estimate of drug-likeness (QED) is 0.803. The van der Waals surface area contributed by atoms with Gasteiger partial charge in [0.05, 0.1) is 11.7 Å². The van der Waals surface area contributed by atoms with E-state index in [9.17, 15) is 14.3 Å². The number of halogens is 1. The molecule has 104 valence electrons. The lowest BCUT2D eigenvalue weighted by atomic mass is 10.2. The van der Waals surface area contributed by atoms with Crippen LogP contribution in [0.1, 0.15) is 16.8 Å². The highest BCUT2D eigenvalue weighted by molar-refractivity contribution is 5.94. The third-order valence-corrected chi connectivity index (χ3v) is 3.20. The highest BCUT2D eigenvalue weighted by Crippen LogP contribution is 2.21. The Balaban J connectivity index is 2.14. The minimum absolute atomic E-state index is 0.0254. The molecule has 0 bridgehead atoms. The predicted octanol–water partition coefficient (Wildman–Crippen LogP) is 0.358. The van der Waals surface area contributed by atoms with E-state index in [0.717, 1.165) is 0 Å². The molecule has 2 atom stereocenters. The Morgan fingerprint density at radius 3 is 2.89 bits per heavy atom. The van der Waals surface area contributed by atoms with E-state index in [1.165, 1.54) is 18.3 Å². The SMILES string of the molecule is CN(C)CC1CC(O)CN1C(=O)c1ccc(F)nc1. The first-order valence-corrected chi connectivity index (χ1v) is 6.22. The zero-order valence-corrected chi connectivity index (χ0v) is 11.1. The van der Waals surface area contributed by atoms with Gasteiger partial charge in [0.1, 0.15) is 0 Å². The monoisotopic (exact) mass is 267 g/mol. The largest absolute Gasteiger partial charge is 0.391 e. The molecular weight excluding hydrogens is 249 g/mol. The topological polar surface area (TPSA) is 56.7 Å². The summed E-state index contributed by atoms with van der Waals surface area (Å²) in [5.41, 5.74) is 0.347. The first-order valence-electron chi connectivity index (χ1n) is 6.22. The second-order valence-electron chi connectivity index (χ2n) is 5.13. The molecular formula is C13H18FN3O2. The number of carbonyl (C=O) groups excluding carboxylic acids is 1. The van der Waals surface area contributed by atoms with Crippen LogP contribution in [0.15, 0.2) is 18.3 Å². The number of amides is 1. The Labute approximate surface area is 111 Å². The number of β-amino-alcohol motifs (C(OH)–C–C–N with tert-alkyl or cyclic N) is 1. The van der Waals surface area contributed by atoms with Crippen LogP contribution in [0, 0.1) is 5.95 Å². The molecule has 0 radical (unpaired) electrons. The van der Waals surface area contributed by atoms with E-state index in [1.54, 1.807) is 4.90 Å². The average molecular weight is 267 g/mol. The summed E-state index contributed by atoms with van der Waals surface area (Å²) in [4.78, 5) is 19.4. The second-order valence-corrected chi connectivity index (χ2v) is 5.13. The molecule has 0 saturated carbocycles. The number of hydrogen-bond donors (Lipinski definition) is 1. The van der Waals surface area contributed by atoms with Crippen molar-refractivity contribution in [3.63, 3.8) is 0 Å². The number of aliphatic hydroxyl groups excluding tert-OH is 1. The highest BCUT2D eigenvalue weighted by atomic mass is 19.1. The fraction of sp³-hybridized carbons (Fsp3) is 0.538. The number of pyridine rings is 1. The van der Waals surface area contributed by atoms with Crippen molar-refractivity contribution in [2.75, 3.05) is 27.2 Å². The van der Waals surface area contributed by atoms with Gasteiger partial charge in [0.15, 0.2) is 0 Å². The number of aliphatic hydroxyl groups is 1. The lowest BCUT2D eigenvalue weighted by molar-refractivity contribution is 0.0698. The molecule has 1 saturated heterocycles. The van der Waals surface area contributed by atoms with Crippen LogP contribution in [-0.2, 0) is 0 Å². The van der Waals surface area contributed by atoms with Crippen LogP contribution in [0.2, 0.25) is 0 Å². The molecule has 19 heavy (non-hydrogen) atoms. The minimum atomic E-state index is -0.608. The fourth-order valence-corrected chi connectivity index (χ4v) is 2.40. The van der Waals surface area contributed by atoms with E-state index in [0.29, 0.717) is 25.1 Å². The Hall–Kier alpha value is -1.53. The second kappa shape index (κ2) is 5.63. The van der Waals surface area contributed by atoms with Gasteiger partial charge in [0, 0.05) is 25.3 Å². The third kappa shape index (κ3) is 3.27. The number of aromatic nitrogens is 1. The van der Waals surface area contributed by atoms with Crippen molar-refractivity contribution >= 4 is 5.91 Å². The van der Waals surface area contributed by atoms with E-state index in [1.807, 2.05) is 19.0 Å². The molecule has 2 unspecified atom stereocenters. The van der Waals surface area contributed by atoms with Crippen molar-refractivity contribution in [3.05, 3.63) is 29.8 Å². The maximum atomic E-state index is 12.8. The Bertz CT molecular complexity index is 450. The predicted molar refractivity (Wildman–Crippen MR) is 68.2 cm³/mol. The van der Waals surface area contributed by atoms with Gasteiger partial charge in [-0.15, -0.1) is 0 Å². The summed E-state index contributed by atoms with van der Waals surface area (Å²) in [6.07, 6.45) is 1.30. The first kappa shape index (κ1) is 13.9. The summed E-state index contributed by atoms with van der Waals surface area (Å²) >= 11 is 0. The van der Waals surface area contributed by atoms with Gasteiger partial charge < -0.3 is 14.9 Å². The van der Waals surface area contributed by atoms with Crippen LogP contribution >= 0.6 is 0 Å². The van der Waals surface area contributed by atoms with Gasteiger partial charge in [0.25, 0.3) is 5.91 Å². The molecule has 1 aliphatic heterocycles. The Morgan fingerprint density at radius 2 is 2.32 bits per heavy atom. The average Bonchev–Trinajstić information content (AvgIpc) is 2.69. The molecule has 1 aromatic rings. The van der Waals surface area contributed by atoms with Crippen LogP contribution in [0.5, 0.6) is 0 Å². The van der Waals surface area contributed by atoms with Crippen LogP contribution in [0.3, 0.4) is 0 Å². The molecule has 6 heteroatoms. The van der Waals surface area contributed by atoms with Gasteiger partial charge >= 0.3 is 0 Å². The number of hydrogen-bond acceptors (Lipinski definition) is 4. The summed E-state index contributed by atoms with van der Waals surface area (Å²) in [5.74, 6) is -0.821. The molecule has 1 aromatic heterocycles. The Kier molecular flexibility index (Phi) is 4.11. The third-order valence-electron chi connectivity index (χ3n) is 3.20. The van der Waals surface area contributed by atoms with Crippen molar-refractivity contribution < 1.29 is 14.3 Å². The molecule has 0 aliphatic carbocycles. The zero-order chi connectivity index (χ0) is 14.0. The van der Waals surface area contributed by atoms with Crippen LogP contribution in [0.25, 0.3) is 0 Å². The lowest BCUT2D eigenvalue weighted by Gasteiger charge is -2.26. The van der Waals surface area contributed by atoms with Crippen molar-refractivity contribution in [2.45, 2.75) is 18.6 Å². The van der Waals surface area contributed by atoms with Gasteiger partial charge in [-0.2, -0.15) is 4.39 Å². The van der Waals surface area contributed by atoms with Gasteiger partial charge in [0.2, 0.25) is 5.95 Å². The van der Waals surface area contributed by atoms with Crippen molar-refractivity contribution in [1.29, 1.82) is 0 Å². The number of likely N-dealkylation sites (N-methyl/N-ethyl adjacent to an activating group) is 1. The molecule has 5 nitrogen and oxygen atoms in total. The summed E-state index contributed by atoms with van der Waals surface area (Å²) in [7, 11) is 3.85. The van der Waals surface area contributed by atoms with Gasteiger partial charge in [-0.3, -0.25) is 4.79 Å². The number of carbonyl (C=O) groups is 1. The molecule has 1 fully saturated rings. The van der Waals surface area contributed by atoms with Crippen molar-refractivity contribution in [2.24, 2.45) is 0 Å². The smallest absolute Gasteiger partial charge is 0.255 e. The maximum absolute atomic E-state index is 12.8. The van der Waals surface area contributed by atoms with Gasteiger partial charge in [-0.1, -0.05) is 0 Å². The van der Waals surface area contributed by atoms with Crippen LogP contribution in [0.4, 0.5) is 4.39 Å². The highest BCUT2D eigenvalue weighted by Gasteiger charge is 2.34. The van der Waals surface area contributed by atoms with Crippen LogP contribution in [-0.4, -0.2) is 65.1 Å². The molecule has 0 spiro atoms. The van der Waals surface area contributed by atoms with Crippen molar-refractivity contribution in [1.82, 2.24) is 14.8 Å². The van der Waals surface area contributed by atoms with Crippen LogP contribution < -0.4 is 0 Å². The number of rotatable bonds is 3. The summed E-state index contributed by atoms with van der Waals surface area (Å²) < 4.78 is 12.8. The molecule has 1 N–H and O–H groups in total. The van der Waals surface area contributed by atoms with Gasteiger partial charge in [-0.05, 0) is 32.6 Å². The lowest BCUT2D eigenvalue weighted by Crippen LogP contribution is -2.41. The normalized spacial score (nSPS) is 23.1. The standard InChI is InChI=1S/C13H18FN3O2/c1-16(2)7-10-5-11(18)8-17(10)13(19)9-3-4-12(14)15-6-9/h3-4,6,10-11,18H,5,7-8H2,1-2H3. The maximum Gasteiger partial charge on any atom is 0.255 e. The van der Waals surface area contributed by atoms with E-state index >= 15 is 0 Å². The number of nitrogens with zero attached hydrogens (tertiary/aromatic N) is 3. The summed E-state index contributed by atoms with van der Waals surface area (Å²) in [5, 5.41) is 9.73. The molecule has 2 rings (SSSR count). The first-order chi connectivity index (χ1) is 8.97. The zero-order valence-electron chi connectivity index (χ0n) is 11.1. The molecule has 1 aliphatic rings. The van der Waals surface area contributed by atoms with E-state index in [2.05, 4.69) is 4.98 Å². The van der Waals surface area contributed by atoms with E-state index in [-0.39, 0.29) is 11.9 Å². The summed E-state index contributed by atoms with van der Waals surface area (Å²) in [6, 6.07) is 2.56. The molecule has 0 aromatic carbocycles.